The van der Waals surface area contributed by atoms with Gasteiger partial charge in [0.05, 0.1) is 6.10 Å². The predicted octanol–water partition coefficient (Wildman–Crippen LogP) is 1.93. The molecule has 2 fully saturated rings. The van der Waals surface area contributed by atoms with Crippen molar-refractivity contribution in [1.29, 1.82) is 0 Å². The zero-order valence-corrected chi connectivity index (χ0v) is 15.4. The number of hydrogen-bond donors (Lipinski definition) is 1. The summed E-state index contributed by atoms with van der Waals surface area (Å²) < 4.78 is 11.0. The maximum absolute atomic E-state index is 12.9. The molecular formula is C20H22N2O5. The van der Waals surface area contributed by atoms with Crippen LogP contribution in [0.15, 0.2) is 33.5 Å². The molecule has 2 aliphatic rings. The van der Waals surface area contributed by atoms with Crippen LogP contribution in [-0.2, 0) is 4.79 Å². The van der Waals surface area contributed by atoms with Crippen LogP contribution in [0.2, 0.25) is 0 Å². The Labute approximate surface area is 156 Å². The molecule has 7 nitrogen and oxygen atoms in total. The lowest BCUT2D eigenvalue weighted by atomic mass is 9.92. The van der Waals surface area contributed by atoms with Gasteiger partial charge in [0.15, 0.2) is 0 Å². The fraction of sp³-hybridized carbons (Fsp3) is 0.450. The quantitative estimate of drug-likeness (QED) is 0.834. The van der Waals surface area contributed by atoms with Gasteiger partial charge in [-0.05, 0) is 44.4 Å². The Morgan fingerprint density at radius 3 is 2.89 bits per heavy atom. The van der Waals surface area contributed by atoms with Crippen molar-refractivity contribution < 1.29 is 18.7 Å². The number of rotatable bonds is 3. The normalized spacial score (nSPS) is 22.0. The van der Waals surface area contributed by atoms with Crippen LogP contribution in [0.4, 0.5) is 0 Å². The van der Waals surface area contributed by atoms with Crippen LogP contribution < -0.4 is 15.7 Å². The van der Waals surface area contributed by atoms with Crippen molar-refractivity contribution >= 4 is 22.8 Å². The summed E-state index contributed by atoms with van der Waals surface area (Å²) in [5.74, 6) is 0.560. The van der Waals surface area contributed by atoms with Crippen molar-refractivity contribution in [3.63, 3.8) is 0 Å². The largest absolute Gasteiger partial charge is 0.491 e. The van der Waals surface area contributed by atoms with Crippen LogP contribution in [0.1, 0.15) is 37.0 Å². The second-order valence-electron chi connectivity index (χ2n) is 7.49. The Kier molecular flexibility index (Phi) is 4.37. The van der Waals surface area contributed by atoms with Crippen molar-refractivity contribution in [2.24, 2.45) is 5.92 Å². The van der Waals surface area contributed by atoms with Crippen LogP contribution in [0.5, 0.6) is 5.75 Å². The Bertz CT molecular complexity index is 964. The minimum absolute atomic E-state index is 0.00836. The zero-order chi connectivity index (χ0) is 19.1. The summed E-state index contributed by atoms with van der Waals surface area (Å²) in [7, 11) is 0. The number of carbonyl (C=O) groups is 2. The third-order valence-electron chi connectivity index (χ3n) is 5.15. The van der Waals surface area contributed by atoms with E-state index in [1.807, 2.05) is 13.8 Å². The average molecular weight is 370 g/mol. The lowest BCUT2D eigenvalue weighted by Crippen LogP contribution is -2.49. The molecule has 0 spiro atoms. The highest BCUT2D eigenvalue weighted by molar-refractivity contribution is 5.97. The van der Waals surface area contributed by atoms with Crippen LogP contribution in [0.3, 0.4) is 0 Å². The molecular weight excluding hydrogens is 348 g/mol. The zero-order valence-electron chi connectivity index (χ0n) is 15.4. The lowest BCUT2D eigenvalue weighted by Gasteiger charge is -2.34. The summed E-state index contributed by atoms with van der Waals surface area (Å²) in [6, 6.07) is 6.76. The second-order valence-corrected chi connectivity index (χ2v) is 7.49. The van der Waals surface area contributed by atoms with E-state index in [4.69, 9.17) is 9.15 Å². The molecule has 3 heterocycles. The first-order valence-electron chi connectivity index (χ1n) is 9.24. The van der Waals surface area contributed by atoms with Gasteiger partial charge < -0.3 is 19.4 Å². The summed E-state index contributed by atoms with van der Waals surface area (Å²) >= 11 is 0. The maximum Gasteiger partial charge on any atom is 0.349 e. The van der Waals surface area contributed by atoms with Gasteiger partial charge in [-0.2, -0.15) is 0 Å². The molecule has 2 aromatic rings. The van der Waals surface area contributed by atoms with Crippen LogP contribution in [0, 0.1) is 5.92 Å². The summed E-state index contributed by atoms with van der Waals surface area (Å²) in [5, 5.41) is 3.57. The number of likely N-dealkylation sites (tertiary alicyclic amines) is 1. The molecule has 2 saturated heterocycles. The van der Waals surface area contributed by atoms with Crippen molar-refractivity contribution in [2.45, 2.75) is 38.8 Å². The number of piperidine rings is 1. The summed E-state index contributed by atoms with van der Waals surface area (Å²) in [5.41, 5.74) is -0.258. The van der Waals surface area contributed by atoms with Gasteiger partial charge in [0, 0.05) is 37.0 Å². The van der Waals surface area contributed by atoms with Crippen molar-refractivity contribution in [3.8, 4) is 5.75 Å². The third-order valence-corrected chi connectivity index (χ3v) is 5.15. The Morgan fingerprint density at radius 2 is 2.11 bits per heavy atom. The molecule has 4 rings (SSSR count). The molecule has 0 bridgehead atoms. The number of benzene rings is 1. The average Bonchev–Trinajstić information content (AvgIpc) is 2.99. The molecule has 0 saturated carbocycles. The minimum atomic E-state index is -0.660. The standard InChI is InChI=1S/C20H22N2O5/c1-11(2)26-14-4-3-13-7-15(20(25)27-17(13)9-14)19(24)22-6-5-12-8-18(23)21-16(12)10-22/h3-4,7,9,11-12,16H,5-6,8,10H2,1-2H3,(H,21,23)/t12-,16-/m1/s1. The van der Waals surface area contributed by atoms with Gasteiger partial charge in [0.25, 0.3) is 5.91 Å². The van der Waals surface area contributed by atoms with Crippen LogP contribution >= 0.6 is 0 Å². The highest BCUT2D eigenvalue weighted by Gasteiger charge is 2.38. The fourth-order valence-electron chi connectivity index (χ4n) is 3.85. The van der Waals surface area contributed by atoms with E-state index in [2.05, 4.69) is 5.32 Å². The summed E-state index contributed by atoms with van der Waals surface area (Å²) in [6.07, 6.45) is 1.28. The molecule has 0 radical (unpaired) electrons. The third kappa shape index (κ3) is 3.41. The van der Waals surface area contributed by atoms with Gasteiger partial charge in [-0.1, -0.05) is 0 Å². The number of ether oxygens (including phenoxy) is 1. The molecule has 2 amide bonds. The maximum atomic E-state index is 12.9. The van der Waals surface area contributed by atoms with E-state index in [-0.39, 0.29) is 35.4 Å². The van der Waals surface area contributed by atoms with E-state index in [0.717, 1.165) is 6.42 Å². The first-order valence-corrected chi connectivity index (χ1v) is 9.24. The Morgan fingerprint density at radius 1 is 1.30 bits per heavy atom. The van der Waals surface area contributed by atoms with Crippen molar-refractivity contribution in [3.05, 3.63) is 40.2 Å². The lowest BCUT2D eigenvalue weighted by molar-refractivity contribution is -0.119. The van der Waals surface area contributed by atoms with E-state index >= 15 is 0 Å². The topological polar surface area (TPSA) is 88.9 Å². The Balaban J connectivity index is 1.59. The molecule has 7 heteroatoms. The summed E-state index contributed by atoms with van der Waals surface area (Å²) in [6.45, 7) is 4.79. The van der Waals surface area contributed by atoms with Gasteiger partial charge in [-0.3, -0.25) is 9.59 Å². The minimum Gasteiger partial charge on any atom is -0.491 e. The molecule has 0 aliphatic carbocycles. The second kappa shape index (κ2) is 6.72. The number of nitrogens with one attached hydrogen (secondary N) is 1. The molecule has 2 aliphatic heterocycles. The van der Waals surface area contributed by atoms with Crippen molar-refractivity contribution in [2.75, 3.05) is 13.1 Å². The number of amides is 2. The SMILES string of the molecule is CC(C)Oc1ccc2cc(C(=O)N3CC[C@@H]4CC(=O)N[C@@H]4C3)c(=O)oc2c1. The molecule has 142 valence electrons. The first-order chi connectivity index (χ1) is 12.9. The molecule has 0 unspecified atom stereocenters. The van der Waals surface area contributed by atoms with E-state index in [9.17, 15) is 14.4 Å². The Hall–Kier alpha value is -2.83. The molecule has 2 atom stereocenters. The summed E-state index contributed by atoms with van der Waals surface area (Å²) in [4.78, 5) is 38.5. The highest BCUT2D eigenvalue weighted by atomic mass is 16.5. The molecule has 27 heavy (non-hydrogen) atoms. The van der Waals surface area contributed by atoms with Gasteiger partial charge in [0.2, 0.25) is 5.91 Å². The number of hydrogen-bond acceptors (Lipinski definition) is 5. The van der Waals surface area contributed by atoms with E-state index < -0.39 is 5.63 Å². The predicted molar refractivity (Wildman–Crippen MR) is 98.8 cm³/mol. The van der Waals surface area contributed by atoms with E-state index in [0.29, 0.717) is 36.2 Å². The van der Waals surface area contributed by atoms with Gasteiger partial charge in [-0.15, -0.1) is 0 Å². The number of carbonyl (C=O) groups excluding carboxylic acids is 2. The van der Waals surface area contributed by atoms with Gasteiger partial charge in [0.1, 0.15) is 16.9 Å². The van der Waals surface area contributed by atoms with Gasteiger partial charge in [-0.25, -0.2) is 4.79 Å². The molecule has 1 aromatic carbocycles. The number of fused-ring (bicyclic) bond motifs is 2. The number of nitrogens with zero attached hydrogens (tertiary/aromatic N) is 1. The van der Waals surface area contributed by atoms with Crippen LogP contribution in [0.25, 0.3) is 11.0 Å². The van der Waals surface area contributed by atoms with E-state index in [1.165, 1.54) is 0 Å². The molecule has 1 N–H and O–H groups in total. The van der Waals surface area contributed by atoms with Crippen LogP contribution in [-0.4, -0.2) is 41.9 Å². The smallest absolute Gasteiger partial charge is 0.349 e. The molecule has 1 aromatic heterocycles. The van der Waals surface area contributed by atoms with Crippen molar-refractivity contribution in [1.82, 2.24) is 10.2 Å². The van der Waals surface area contributed by atoms with Gasteiger partial charge >= 0.3 is 5.63 Å². The first kappa shape index (κ1) is 17.6. The highest BCUT2D eigenvalue weighted by Crippen LogP contribution is 2.27. The fourth-order valence-corrected chi connectivity index (χ4v) is 3.85. The van der Waals surface area contributed by atoms with E-state index in [1.54, 1.807) is 29.2 Å². The monoisotopic (exact) mass is 370 g/mol.